The van der Waals surface area contributed by atoms with Crippen LogP contribution in [0.5, 0.6) is 0 Å². The Kier molecular flexibility index (Phi) is 8.42. The second-order valence-electron chi connectivity index (χ2n) is 11.5. The first-order valence-corrected chi connectivity index (χ1v) is 15.8. The number of amides is 4. The summed E-state index contributed by atoms with van der Waals surface area (Å²) in [5.41, 5.74) is 4.14. The average Bonchev–Trinajstić information content (AvgIpc) is 3.77. The largest absolute Gasteiger partial charge is 0.348 e. The van der Waals surface area contributed by atoms with Crippen molar-refractivity contribution in [1.82, 2.24) is 31.4 Å². The molecule has 0 saturated heterocycles. The number of anilines is 1. The monoisotopic (exact) mass is 613 g/mol. The van der Waals surface area contributed by atoms with Crippen molar-refractivity contribution >= 4 is 50.7 Å². The number of fused-ring (bicyclic) bond motifs is 1. The molecular weight excluding hydrogens is 578 g/mol. The Labute approximate surface area is 258 Å². The highest BCUT2D eigenvalue weighted by molar-refractivity contribution is 7.17. The quantitative estimate of drug-likeness (QED) is 0.216. The van der Waals surface area contributed by atoms with E-state index in [1.807, 2.05) is 61.7 Å². The summed E-state index contributed by atoms with van der Waals surface area (Å²) >= 11 is 1.59. The van der Waals surface area contributed by atoms with Crippen LogP contribution in [0.25, 0.3) is 10.1 Å². The number of hydrogen-bond acceptors (Lipinski definition) is 7. The Morgan fingerprint density at radius 2 is 1.95 bits per heavy atom. The minimum Gasteiger partial charge on any atom is -0.348 e. The maximum atomic E-state index is 14.1. The topological polar surface area (TPSA) is 149 Å². The zero-order valence-corrected chi connectivity index (χ0v) is 25.4. The molecule has 4 aromatic rings. The summed E-state index contributed by atoms with van der Waals surface area (Å²) in [6.45, 7) is 4.05. The van der Waals surface area contributed by atoms with Crippen LogP contribution in [0.2, 0.25) is 0 Å². The lowest BCUT2D eigenvalue weighted by atomic mass is 9.96. The van der Waals surface area contributed by atoms with Gasteiger partial charge in [-0.1, -0.05) is 56.7 Å². The molecule has 12 heteroatoms. The Morgan fingerprint density at radius 1 is 1.14 bits per heavy atom. The van der Waals surface area contributed by atoms with E-state index in [1.54, 1.807) is 16.2 Å². The maximum Gasteiger partial charge on any atom is 0.250 e. The molecule has 0 radical (unpaired) electrons. The van der Waals surface area contributed by atoms with Gasteiger partial charge in [0.15, 0.2) is 0 Å². The van der Waals surface area contributed by atoms with Crippen molar-refractivity contribution in [2.75, 3.05) is 4.90 Å². The van der Waals surface area contributed by atoms with E-state index in [2.05, 4.69) is 31.4 Å². The van der Waals surface area contributed by atoms with Crippen molar-refractivity contribution in [3.05, 3.63) is 76.4 Å². The second-order valence-corrected chi connectivity index (χ2v) is 12.4. The first-order valence-electron chi connectivity index (χ1n) is 14.9. The summed E-state index contributed by atoms with van der Waals surface area (Å²) in [4.78, 5) is 56.0. The Hall–Kier alpha value is -4.58. The lowest BCUT2D eigenvalue weighted by molar-refractivity contribution is -0.133. The van der Waals surface area contributed by atoms with Crippen molar-refractivity contribution in [3.8, 4) is 0 Å². The van der Waals surface area contributed by atoms with Crippen molar-refractivity contribution in [2.45, 2.75) is 70.6 Å². The number of aryl methyl sites for hydroxylation is 1. The van der Waals surface area contributed by atoms with Crippen LogP contribution < -0.4 is 20.9 Å². The van der Waals surface area contributed by atoms with Gasteiger partial charge in [-0.25, -0.2) is 0 Å². The number of aromatic nitrogens is 3. The fraction of sp³-hybridized carbons (Fsp3) is 0.375. The number of aromatic amines is 1. The summed E-state index contributed by atoms with van der Waals surface area (Å²) in [6.07, 6.45) is 3.67. The minimum atomic E-state index is -0.851. The molecule has 0 fully saturated rings. The fourth-order valence-electron chi connectivity index (χ4n) is 6.11. The highest BCUT2D eigenvalue weighted by Crippen LogP contribution is 2.39. The van der Waals surface area contributed by atoms with E-state index in [0.29, 0.717) is 31.4 Å². The Balaban J connectivity index is 1.18. The molecule has 0 saturated carbocycles. The number of para-hydroxylation sites is 1. The molecule has 0 spiro atoms. The SMILES string of the molecule is CC[C@H](C)[C@H](NC(=O)Cc1csc2ccccc12)C(=O)NC1CCc2cccc3c2N(C1=O)[C@H](C(=O)NCc1cn[nH]n1)C3. The smallest absolute Gasteiger partial charge is 0.250 e. The Morgan fingerprint density at radius 3 is 2.75 bits per heavy atom. The third kappa shape index (κ3) is 5.81. The van der Waals surface area contributed by atoms with Gasteiger partial charge in [0.25, 0.3) is 0 Å². The standard InChI is InChI=1S/C32H35N7O4S/c1-3-18(2)28(36-27(40)14-21-17-44-26-10-5-4-9-23(21)26)31(42)35-24-12-11-19-7-6-8-20-13-25(39(29(19)20)32(24)43)30(41)33-15-22-16-34-38-37-22/h4-10,16-18,24-25,28H,3,11-15H2,1-2H3,(H,33,41)(H,35,42)(H,36,40)(H,34,37,38)/t18-,24?,25-,28-/m0/s1. The summed E-state index contributed by atoms with van der Waals surface area (Å²) in [5.74, 6) is -1.45. The molecule has 4 heterocycles. The van der Waals surface area contributed by atoms with Gasteiger partial charge in [0, 0.05) is 11.1 Å². The van der Waals surface area contributed by atoms with E-state index in [1.165, 1.54) is 6.20 Å². The van der Waals surface area contributed by atoms with Crippen LogP contribution >= 0.6 is 11.3 Å². The van der Waals surface area contributed by atoms with Crippen molar-refractivity contribution < 1.29 is 19.2 Å². The van der Waals surface area contributed by atoms with E-state index < -0.39 is 24.0 Å². The minimum absolute atomic E-state index is 0.156. The van der Waals surface area contributed by atoms with E-state index in [4.69, 9.17) is 0 Å². The van der Waals surface area contributed by atoms with Gasteiger partial charge in [-0.05, 0) is 52.3 Å². The number of H-pyrrole nitrogens is 1. The first-order chi connectivity index (χ1) is 21.3. The van der Waals surface area contributed by atoms with Gasteiger partial charge < -0.3 is 16.0 Å². The molecule has 1 unspecified atom stereocenters. The average molecular weight is 614 g/mol. The van der Waals surface area contributed by atoms with Gasteiger partial charge in [-0.2, -0.15) is 15.4 Å². The molecule has 2 aliphatic rings. The molecular formula is C32H35N7O4S. The Bertz CT molecular complexity index is 1700. The van der Waals surface area contributed by atoms with E-state index in [9.17, 15) is 19.2 Å². The molecule has 228 valence electrons. The van der Waals surface area contributed by atoms with Crippen molar-refractivity contribution in [1.29, 1.82) is 0 Å². The highest BCUT2D eigenvalue weighted by atomic mass is 32.1. The molecule has 4 N–H and O–H groups in total. The number of hydrogen-bond donors (Lipinski definition) is 4. The molecule has 4 atom stereocenters. The van der Waals surface area contributed by atoms with Crippen LogP contribution in [-0.2, 0) is 45.0 Å². The number of carbonyl (C=O) groups is 4. The number of rotatable bonds is 10. The molecule has 11 nitrogen and oxygen atoms in total. The summed E-state index contributed by atoms with van der Waals surface area (Å²) in [6, 6.07) is 11.4. The van der Waals surface area contributed by atoms with Crippen molar-refractivity contribution in [3.63, 3.8) is 0 Å². The molecule has 2 aromatic heterocycles. The zero-order valence-electron chi connectivity index (χ0n) is 24.6. The lowest BCUT2D eigenvalue weighted by Gasteiger charge is -2.30. The molecule has 0 bridgehead atoms. The summed E-state index contributed by atoms with van der Waals surface area (Å²) < 4.78 is 1.11. The van der Waals surface area contributed by atoms with Gasteiger partial charge in [0.05, 0.1) is 24.8 Å². The van der Waals surface area contributed by atoms with Crippen LogP contribution in [-0.4, -0.2) is 57.2 Å². The molecule has 2 aliphatic heterocycles. The van der Waals surface area contributed by atoms with Gasteiger partial charge in [-0.15, -0.1) is 11.3 Å². The molecule has 6 rings (SSSR count). The van der Waals surface area contributed by atoms with Crippen LogP contribution in [0.1, 0.15) is 49.1 Å². The van der Waals surface area contributed by atoms with Crippen LogP contribution in [0.15, 0.2) is 54.0 Å². The van der Waals surface area contributed by atoms with Gasteiger partial charge in [-0.3, -0.25) is 24.1 Å². The van der Waals surface area contributed by atoms with Gasteiger partial charge in [0.2, 0.25) is 23.6 Å². The molecule has 2 aromatic carbocycles. The van der Waals surface area contributed by atoms with Crippen LogP contribution in [0, 0.1) is 5.92 Å². The molecule has 4 amide bonds. The third-order valence-electron chi connectivity index (χ3n) is 8.66. The summed E-state index contributed by atoms with van der Waals surface area (Å²) in [5, 5.41) is 22.1. The summed E-state index contributed by atoms with van der Waals surface area (Å²) in [7, 11) is 0. The number of nitrogens with one attached hydrogen (secondary N) is 4. The lowest BCUT2D eigenvalue weighted by Crippen LogP contribution is -2.58. The molecule has 44 heavy (non-hydrogen) atoms. The van der Waals surface area contributed by atoms with Crippen molar-refractivity contribution in [2.24, 2.45) is 5.92 Å². The predicted octanol–water partition coefficient (Wildman–Crippen LogP) is 2.80. The zero-order chi connectivity index (χ0) is 30.8. The van der Waals surface area contributed by atoms with Gasteiger partial charge >= 0.3 is 0 Å². The predicted molar refractivity (Wildman–Crippen MR) is 167 cm³/mol. The number of benzene rings is 2. The fourth-order valence-corrected chi connectivity index (χ4v) is 7.07. The third-order valence-corrected chi connectivity index (χ3v) is 9.67. The van der Waals surface area contributed by atoms with E-state index >= 15 is 0 Å². The van der Waals surface area contributed by atoms with Crippen LogP contribution in [0.4, 0.5) is 5.69 Å². The highest BCUT2D eigenvalue weighted by Gasteiger charge is 2.44. The molecule has 0 aliphatic carbocycles. The number of thiophene rings is 1. The van der Waals surface area contributed by atoms with E-state index in [0.717, 1.165) is 32.5 Å². The normalized spacial score (nSPS) is 18.8. The maximum absolute atomic E-state index is 14.1. The number of nitrogens with zero attached hydrogens (tertiary/aromatic N) is 3. The van der Waals surface area contributed by atoms with Crippen LogP contribution in [0.3, 0.4) is 0 Å². The number of carbonyl (C=O) groups excluding carboxylic acids is 4. The van der Waals surface area contributed by atoms with E-state index in [-0.39, 0.29) is 36.6 Å². The first kappa shape index (κ1) is 29.5. The van der Waals surface area contributed by atoms with Gasteiger partial charge in [0.1, 0.15) is 23.8 Å². The second kappa shape index (κ2) is 12.6.